The van der Waals surface area contributed by atoms with Gasteiger partial charge in [0.25, 0.3) is 0 Å². The van der Waals surface area contributed by atoms with Crippen LogP contribution in [0, 0.1) is 0 Å². The summed E-state index contributed by atoms with van der Waals surface area (Å²) in [5, 5.41) is 0. The fraction of sp³-hybridized carbons (Fsp3) is 0.417. The molecule has 2 N–H and O–H groups in total. The van der Waals surface area contributed by atoms with Crippen molar-refractivity contribution in [2.75, 3.05) is 25.6 Å². The van der Waals surface area contributed by atoms with Crippen LogP contribution in [-0.2, 0) is 0 Å². The number of benzene rings is 1. The topological polar surface area (TPSA) is 50.8 Å². The van der Waals surface area contributed by atoms with Crippen molar-refractivity contribution in [2.45, 2.75) is 13.3 Å². The van der Waals surface area contributed by atoms with Crippen LogP contribution < -0.4 is 15.4 Å². The third kappa shape index (κ3) is 2.89. The number of guanidine groups is 1. The van der Waals surface area contributed by atoms with Crippen molar-refractivity contribution in [3.8, 4) is 5.75 Å². The molecule has 1 rings (SSSR count). The summed E-state index contributed by atoms with van der Waals surface area (Å²) in [5.41, 5.74) is 6.80. The Morgan fingerprint density at radius 3 is 2.75 bits per heavy atom. The van der Waals surface area contributed by atoms with E-state index < -0.39 is 0 Å². The Hall–Kier alpha value is -1.71. The van der Waals surface area contributed by atoms with E-state index in [1.807, 2.05) is 36.2 Å². The lowest BCUT2D eigenvalue weighted by molar-refractivity contribution is 0.416. The quantitative estimate of drug-likeness (QED) is 0.623. The lowest BCUT2D eigenvalue weighted by atomic mass is 10.3. The Bertz CT molecular complexity index is 363. The Balaban J connectivity index is 2.90. The standard InChI is InChI=1S/C12H19N3O/c1-4-9-14-12(13)15(2)10-7-5-6-8-11(10)16-3/h5-8H,4,9H2,1-3H3,(H2,13,14). The normalized spacial score (nSPS) is 11.3. The van der Waals surface area contributed by atoms with Crippen LogP contribution in [0.4, 0.5) is 5.69 Å². The summed E-state index contributed by atoms with van der Waals surface area (Å²) >= 11 is 0. The van der Waals surface area contributed by atoms with E-state index >= 15 is 0 Å². The van der Waals surface area contributed by atoms with Gasteiger partial charge in [-0.3, -0.25) is 4.99 Å². The van der Waals surface area contributed by atoms with Gasteiger partial charge < -0.3 is 15.4 Å². The number of para-hydroxylation sites is 2. The summed E-state index contributed by atoms with van der Waals surface area (Å²) in [6.07, 6.45) is 0.987. The van der Waals surface area contributed by atoms with E-state index in [1.165, 1.54) is 0 Å². The predicted octanol–water partition coefficient (Wildman–Crippen LogP) is 1.86. The highest BCUT2D eigenvalue weighted by atomic mass is 16.5. The van der Waals surface area contributed by atoms with Gasteiger partial charge in [0, 0.05) is 13.6 Å². The van der Waals surface area contributed by atoms with Gasteiger partial charge in [0.1, 0.15) is 5.75 Å². The van der Waals surface area contributed by atoms with Crippen molar-refractivity contribution in [2.24, 2.45) is 10.7 Å². The van der Waals surface area contributed by atoms with E-state index in [-0.39, 0.29) is 0 Å². The van der Waals surface area contributed by atoms with E-state index in [9.17, 15) is 0 Å². The number of nitrogens with zero attached hydrogens (tertiary/aromatic N) is 2. The molecule has 88 valence electrons. The lowest BCUT2D eigenvalue weighted by Gasteiger charge is -2.20. The van der Waals surface area contributed by atoms with Gasteiger partial charge in [-0.1, -0.05) is 19.1 Å². The van der Waals surface area contributed by atoms with Crippen LogP contribution in [0.25, 0.3) is 0 Å². The summed E-state index contributed by atoms with van der Waals surface area (Å²) in [4.78, 5) is 6.09. The molecular weight excluding hydrogens is 202 g/mol. The van der Waals surface area contributed by atoms with Gasteiger partial charge in [-0.15, -0.1) is 0 Å². The fourth-order valence-electron chi connectivity index (χ4n) is 1.36. The second-order valence-electron chi connectivity index (χ2n) is 3.47. The van der Waals surface area contributed by atoms with Gasteiger partial charge in [0.05, 0.1) is 12.8 Å². The third-order valence-corrected chi connectivity index (χ3v) is 2.29. The SMILES string of the molecule is CCCN=C(N)N(C)c1ccccc1OC. The number of aliphatic imine (C=N–C) groups is 1. The predicted molar refractivity (Wildman–Crippen MR) is 68.2 cm³/mol. The zero-order valence-electron chi connectivity index (χ0n) is 10.1. The first-order chi connectivity index (χ1) is 7.70. The summed E-state index contributed by atoms with van der Waals surface area (Å²) < 4.78 is 5.27. The van der Waals surface area contributed by atoms with Crippen molar-refractivity contribution in [3.05, 3.63) is 24.3 Å². The first kappa shape index (κ1) is 12.4. The molecule has 0 fully saturated rings. The number of rotatable bonds is 4. The molecule has 0 saturated heterocycles. The molecule has 0 aliphatic heterocycles. The van der Waals surface area contributed by atoms with Gasteiger partial charge >= 0.3 is 0 Å². The number of anilines is 1. The van der Waals surface area contributed by atoms with Gasteiger partial charge in [0.15, 0.2) is 5.96 Å². The van der Waals surface area contributed by atoms with Crippen molar-refractivity contribution < 1.29 is 4.74 Å². The smallest absolute Gasteiger partial charge is 0.195 e. The van der Waals surface area contributed by atoms with Crippen LogP contribution in [0.5, 0.6) is 5.75 Å². The third-order valence-electron chi connectivity index (χ3n) is 2.29. The van der Waals surface area contributed by atoms with Gasteiger partial charge in [-0.05, 0) is 18.6 Å². The maximum absolute atomic E-state index is 5.88. The first-order valence-corrected chi connectivity index (χ1v) is 5.37. The molecule has 0 spiro atoms. The number of methoxy groups -OCH3 is 1. The van der Waals surface area contributed by atoms with Gasteiger partial charge in [-0.25, -0.2) is 0 Å². The molecule has 0 saturated carbocycles. The molecule has 1 aromatic carbocycles. The molecule has 0 amide bonds. The highest BCUT2D eigenvalue weighted by Crippen LogP contribution is 2.26. The first-order valence-electron chi connectivity index (χ1n) is 5.37. The van der Waals surface area contributed by atoms with Crippen LogP contribution in [0.15, 0.2) is 29.3 Å². The Morgan fingerprint density at radius 2 is 2.12 bits per heavy atom. The molecule has 1 aromatic rings. The number of hydrogen-bond acceptors (Lipinski definition) is 2. The molecule has 4 nitrogen and oxygen atoms in total. The van der Waals surface area contributed by atoms with Crippen LogP contribution >= 0.6 is 0 Å². The lowest BCUT2D eigenvalue weighted by Crippen LogP contribution is -2.34. The molecular formula is C12H19N3O. The molecule has 0 aliphatic carbocycles. The molecule has 0 atom stereocenters. The van der Waals surface area contributed by atoms with Crippen molar-refractivity contribution in [1.82, 2.24) is 0 Å². The second-order valence-corrected chi connectivity index (χ2v) is 3.47. The maximum atomic E-state index is 5.88. The highest BCUT2D eigenvalue weighted by molar-refractivity contribution is 5.95. The van der Waals surface area contributed by atoms with Crippen LogP contribution in [-0.4, -0.2) is 26.7 Å². The Labute approximate surface area is 96.7 Å². The molecule has 4 heteroatoms. The zero-order chi connectivity index (χ0) is 12.0. The number of nitrogens with two attached hydrogens (primary N) is 1. The molecule has 0 aromatic heterocycles. The summed E-state index contributed by atoms with van der Waals surface area (Å²) in [6.45, 7) is 2.81. The Kier molecular flexibility index (Phi) is 4.64. The van der Waals surface area contributed by atoms with Gasteiger partial charge in [0.2, 0.25) is 0 Å². The average molecular weight is 221 g/mol. The van der Waals surface area contributed by atoms with Crippen molar-refractivity contribution >= 4 is 11.6 Å². The van der Waals surface area contributed by atoms with E-state index in [2.05, 4.69) is 11.9 Å². The molecule has 0 radical (unpaired) electrons. The summed E-state index contributed by atoms with van der Waals surface area (Å²) in [7, 11) is 3.53. The highest BCUT2D eigenvalue weighted by Gasteiger charge is 2.09. The summed E-state index contributed by atoms with van der Waals surface area (Å²) in [5.74, 6) is 1.30. The van der Waals surface area contributed by atoms with Gasteiger partial charge in [-0.2, -0.15) is 0 Å². The van der Waals surface area contributed by atoms with E-state index in [0.717, 1.165) is 24.4 Å². The molecule has 0 heterocycles. The second kappa shape index (κ2) is 6.00. The molecule has 0 unspecified atom stereocenters. The van der Waals surface area contributed by atoms with E-state index in [1.54, 1.807) is 7.11 Å². The Morgan fingerprint density at radius 1 is 1.44 bits per heavy atom. The van der Waals surface area contributed by atoms with Crippen molar-refractivity contribution in [3.63, 3.8) is 0 Å². The fourth-order valence-corrected chi connectivity index (χ4v) is 1.36. The molecule has 0 bridgehead atoms. The minimum Gasteiger partial charge on any atom is -0.495 e. The zero-order valence-corrected chi connectivity index (χ0v) is 10.1. The number of ether oxygens (including phenoxy) is 1. The largest absolute Gasteiger partial charge is 0.495 e. The minimum absolute atomic E-state index is 0.506. The van der Waals surface area contributed by atoms with E-state index in [0.29, 0.717) is 5.96 Å². The number of hydrogen-bond donors (Lipinski definition) is 1. The van der Waals surface area contributed by atoms with Crippen LogP contribution in [0.1, 0.15) is 13.3 Å². The molecule has 0 aliphatic rings. The summed E-state index contributed by atoms with van der Waals surface area (Å²) in [6, 6.07) is 7.73. The maximum Gasteiger partial charge on any atom is 0.195 e. The molecule has 16 heavy (non-hydrogen) atoms. The monoisotopic (exact) mass is 221 g/mol. The van der Waals surface area contributed by atoms with Crippen molar-refractivity contribution in [1.29, 1.82) is 0 Å². The minimum atomic E-state index is 0.506. The van der Waals surface area contributed by atoms with E-state index in [4.69, 9.17) is 10.5 Å². The van der Waals surface area contributed by atoms with Crippen LogP contribution in [0.2, 0.25) is 0 Å². The average Bonchev–Trinajstić information content (AvgIpc) is 2.34. The van der Waals surface area contributed by atoms with Crippen LogP contribution in [0.3, 0.4) is 0 Å².